The number of fused-ring (bicyclic) bond motifs is 2. The summed E-state index contributed by atoms with van der Waals surface area (Å²) in [4.78, 5) is 12.9. The lowest BCUT2D eigenvalue weighted by atomic mass is 9.81. The molecule has 10 rings (SSSR count). The molecule has 5 aromatic carbocycles. The number of thiazole rings is 3. The van der Waals surface area contributed by atoms with E-state index in [1.54, 1.807) is 70.4 Å². The van der Waals surface area contributed by atoms with Crippen LogP contribution in [0.5, 0.6) is 0 Å². The van der Waals surface area contributed by atoms with Gasteiger partial charge in [-0.2, -0.15) is 0 Å². The van der Waals surface area contributed by atoms with Gasteiger partial charge in [0, 0.05) is 38.0 Å². The number of rotatable bonds is 5. The van der Waals surface area contributed by atoms with E-state index < -0.39 is 14.2 Å². The first kappa shape index (κ1) is 45.0. The molecule has 0 saturated carbocycles. The molecule has 0 fully saturated rings. The van der Waals surface area contributed by atoms with Gasteiger partial charge in [0.1, 0.15) is 41.7 Å². The summed E-state index contributed by atoms with van der Waals surface area (Å²) < 4.78 is 13.7. The Bertz CT molecular complexity index is 2720. The Labute approximate surface area is 383 Å². The second-order valence-electron chi connectivity index (χ2n) is 12.2. The molecule has 0 atom stereocenters. The van der Waals surface area contributed by atoms with E-state index in [0.717, 1.165) is 56.5 Å². The zero-order valence-corrected chi connectivity index (χ0v) is 38.3. The molecule has 0 bridgehead atoms. The van der Waals surface area contributed by atoms with Crippen LogP contribution in [0.1, 0.15) is 0 Å². The van der Waals surface area contributed by atoms with Gasteiger partial charge in [0.2, 0.25) is 0 Å². The van der Waals surface area contributed by atoms with Crippen molar-refractivity contribution in [2.75, 3.05) is 0 Å². The van der Waals surface area contributed by atoms with Gasteiger partial charge in [-0.05, 0) is 77.5 Å². The standard InChI is InChI=1S/C17H11NOS.C9H6BrNS.C8H7BO3.C6H7BO2.C3HBr2NS/c1-2-6-12(7-3-1)17-18-14(11-20-17)16-10-13-8-4-5-9-15(13)19-16;10-8-6-12-9(11-8)7-4-2-1-3-5-7;10-9(11)8-5-6-3-1-2-4-7(6)12-8;8-7(9)6-4-2-1-3-5-6;4-2-1-7-3(5)6-2/h1-11H;1-6H;1-5,10-11H;1-5,8-9H;1H. The lowest BCUT2D eigenvalue weighted by molar-refractivity contribution is 0.412. The molecule has 0 amide bonds. The number of aromatic nitrogens is 3. The summed E-state index contributed by atoms with van der Waals surface area (Å²) in [5.41, 5.74) is 5.48. The quantitative estimate of drug-likeness (QED) is 0.124. The van der Waals surface area contributed by atoms with Crippen LogP contribution in [0, 0.1) is 0 Å². The Morgan fingerprint density at radius 2 is 0.950 bits per heavy atom. The number of hydrogen-bond acceptors (Lipinski definition) is 12. The monoisotopic (exact) mass is 1040 g/mol. The highest BCUT2D eigenvalue weighted by Gasteiger charge is 2.16. The number of furan rings is 2. The Morgan fingerprint density at radius 1 is 0.467 bits per heavy atom. The molecule has 0 saturated heterocycles. The Morgan fingerprint density at radius 3 is 1.40 bits per heavy atom. The Balaban J connectivity index is 0.000000132. The molecule has 0 aliphatic rings. The third-order valence-electron chi connectivity index (χ3n) is 7.94. The fourth-order valence-electron chi connectivity index (χ4n) is 5.16. The van der Waals surface area contributed by atoms with Gasteiger partial charge in [0.05, 0.1) is 0 Å². The number of nitrogens with zero attached hydrogens (tertiary/aromatic N) is 3. The topological polar surface area (TPSA) is 146 Å². The fraction of sp³-hybridized carbons (Fsp3) is 0. The normalized spacial score (nSPS) is 10.2. The lowest BCUT2D eigenvalue weighted by Crippen LogP contribution is -2.29. The van der Waals surface area contributed by atoms with E-state index in [1.807, 2.05) is 107 Å². The molecule has 0 aliphatic heterocycles. The van der Waals surface area contributed by atoms with Crippen LogP contribution in [0.15, 0.2) is 190 Å². The van der Waals surface area contributed by atoms with Gasteiger partial charge in [0.25, 0.3) is 0 Å². The van der Waals surface area contributed by atoms with Crippen molar-refractivity contribution < 1.29 is 28.9 Å². The minimum atomic E-state index is -1.53. The average Bonchev–Trinajstić information content (AvgIpc) is 4.14. The summed E-state index contributed by atoms with van der Waals surface area (Å²) in [7, 11) is -2.87. The predicted octanol–water partition coefficient (Wildman–Crippen LogP) is 10.9. The first-order valence-corrected chi connectivity index (χ1v) is 22.8. The molecule has 0 unspecified atom stereocenters. The summed E-state index contributed by atoms with van der Waals surface area (Å²) in [5.74, 6) is 0.824. The van der Waals surface area contributed by atoms with Crippen LogP contribution in [0.3, 0.4) is 0 Å². The van der Waals surface area contributed by atoms with E-state index in [-0.39, 0.29) is 5.66 Å². The predicted molar refractivity (Wildman–Crippen MR) is 258 cm³/mol. The molecular weight excluding hydrogens is 1010 g/mol. The molecule has 5 heterocycles. The summed E-state index contributed by atoms with van der Waals surface area (Å²) >= 11 is 14.6. The average molecular weight is 1040 g/mol. The van der Waals surface area contributed by atoms with Crippen molar-refractivity contribution in [3.8, 4) is 32.6 Å². The second kappa shape index (κ2) is 22.9. The molecule has 17 heteroatoms. The molecule has 0 spiro atoms. The molecule has 10 aromatic rings. The summed E-state index contributed by atoms with van der Waals surface area (Å²) in [5, 5.41) is 44.7. The van der Waals surface area contributed by atoms with Crippen LogP contribution in [0.4, 0.5) is 0 Å². The fourth-order valence-corrected chi connectivity index (χ4v) is 8.92. The number of benzene rings is 5. The molecule has 0 aliphatic carbocycles. The molecule has 300 valence electrons. The van der Waals surface area contributed by atoms with E-state index in [2.05, 4.69) is 87.0 Å². The first-order valence-electron chi connectivity index (χ1n) is 17.8. The zero-order chi connectivity index (χ0) is 42.3. The van der Waals surface area contributed by atoms with E-state index in [0.29, 0.717) is 11.0 Å². The van der Waals surface area contributed by atoms with Crippen molar-refractivity contribution in [1.29, 1.82) is 0 Å². The molecule has 4 N–H and O–H groups in total. The maximum Gasteiger partial charge on any atom is 0.526 e. The molecule has 5 aromatic heterocycles. The van der Waals surface area contributed by atoms with Crippen molar-refractivity contribution in [2.45, 2.75) is 0 Å². The van der Waals surface area contributed by atoms with Gasteiger partial charge in [-0.15, -0.1) is 34.0 Å². The largest absolute Gasteiger partial charge is 0.526 e. The number of hydrogen-bond donors (Lipinski definition) is 4. The number of halogens is 3. The van der Waals surface area contributed by atoms with Crippen molar-refractivity contribution >= 4 is 129 Å². The highest BCUT2D eigenvalue weighted by Crippen LogP contribution is 2.32. The van der Waals surface area contributed by atoms with Crippen LogP contribution >= 0.6 is 81.8 Å². The minimum Gasteiger partial charge on any atom is -0.465 e. The van der Waals surface area contributed by atoms with Gasteiger partial charge in [0.15, 0.2) is 9.68 Å². The van der Waals surface area contributed by atoms with Crippen molar-refractivity contribution in [3.63, 3.8) is 0 Å². The van der Waals surface area contributed by atoms with E-state index >= 15 is 0 Å². The van der Waals surface area contributed by atoms with Crippen molar-refractivity contribution in [3.05, 3.63) is 181 Å². The maximum atomic E-state index is 8.79. The zero-order valence-electron chi connectivity index (χ0n) is 31.1. The number of para-hydroxylation sites is 2. The Hall–Kier alpha value is -4.52. The van der Waals surface area contributed by atoms with Gasteiger partial charge in [-0.1, -0.05) is 127 Å². The summed E-state index contributed by atoms with van der Waals surface area (Å²) in [6, 6.07) is 48.0. The van der Waals surface area contributed by atoms with E-state index in [1.165, 1.54) is 5.56 Å². The smallest absolute Gasteiger partial charge is 0.465 e. The Kier molecular flexibility index (Phi) is 17.2. The second-order valence-corrected chi connectivity index (χ2v) is 17.6. The van der Waals surface area contributed by atoms with Gasteiger partial charge in [-0.25, -0.2) is 15.0 Å². The molecule has 9 nitrogen and oxygen atoms in total. The lowest BCUT2D eigenvalue weighted by Gasteiger charge is -1.94. The van der Waals surface area contributed by atoms with Crippen LogP contribution in [-0.4, -0.2) is 49.3 Å². The van der Waals surface area contributed by atoms with Crippen LogP contribution < -0.4 is 11.1 Å². The molecule has 60 heavy (non-hydrogen) atoms. The maximum absolute atomic E-state index is 8.79. The minimum absolute atomic E-state index is 0.177. The van der Waals surface area contributed by atoms with E-state index in [4.69, 9.17) is 28.9 Å². The van der Waals surface area contributed by atoms with Crippen molar-refractivity contribution in [1.82, 2.24) is 15.0 Å². The first-order chi connectivity index (χ1) is 29.1. The highest BCUT2D eigenvalue weighted by atomic mass is 79.9. The van der Waals surface area contributed by atoms with Gasteiger partial charge in [-0.3, -0.25) is 0 Å². The summed E-state index contributed by atoms with van der Waals surface area (Å²) in [6.45, 7) is 0. The SMILES string of the molecule is Brc1csc(-c2ccccc2)n1.Brc1csc(Br)n1.OB(O)c1cc2ccccc2o1.OB(O)c1ccccc1.c1ccc(-c2nc(-c3cc4ccccc4o3)cs2)cc1. The van der Waals surface area contributed by atoms with Crippen LogP contribution in [0.2, 0.25) is 0 Å². The van der Waals surface area contributed by atoms with Crippen molar-refractivity contribution in [2.24, 2.45) is 0 Å². The van der Waals surface area contributed by atoms with Crippen LogP contribution in [0.25, 0.3) is 54.5 Å². The van der Waals surface area contributed by atoms with Gasteiger partial charge >= 0.3 is 14.2 Å². The highest BCUT2D eigenvalue weighted by molar-refractivity contribution is 9.11. The third kappa shape index (κ3) is 13.5. The third-order valence-corrected chi connectivity index (χ3v) is 12.5. The molecular formula is C43H32B2Br3N3O6S3. The summed E-state index contributed by atoms with van der Waals surface area (Å²) in [6.07, 6.45) is 0. The van der Waals surface area contributed by atoms with Gasteiger partial charge < -0.3 is 28.9 Å². The van der Waals surface area contributed by atoms with E-state index in [9.17, 15) is 0 Å². The van der Waals surface area contributed by atoms with Crippen LogP contribution in [-0.2, 0) is 0 Å². The molecule has 0 radical (unpaired) electrons.